The normalized spacial score (nSPS) is 15.4. The summed E-state index contributed by atoms with van der Waals surface area (Å²) in [5.74, 6) is -0.147. The number of aryl methyl sites for hydroxylation is 1. The van der Waals surface area contributed by atoms with Crippen molar-refractivity contribution in [2.24, 2.45) is 5.92 Å². The number of aliphatic hydroxyl groups excluding tert-OH is 1. The number of hydrogen-bond donors (Lipinski definition) is 2. The average Bonchev–Trinajstić information content (AvgIpc) is 3.29. The van der Waals surface area contributed by atoms with Gasteiger partial charge in [-0.3, -0.25) is 4.79 Å². The molecule has 23 heavy (non-hydrogen) atoms. The van der Waals surface area contributed by atoms with Crippen LogP contribution in [0.15, 0.2) is 30.3 Å². The minimum Gasteiger partial charge on any atom is -0.396 e. The second-order valence-corrected chi connectivity index (χ2v) is 5.99. The van der Waals surface area contributed by atoms with Gasteiger partial charge < -0.3 is 10.4 Å². The lowest BCUT2D eigenvalue weighted by molar-refractivity contribution is 0.0918. The lowest BCUT2D eigenvalue weighted by Crippen LogP contribution is -2.37. The number of nitrogens with zero attached hydrogens (tertiary/aromatic N) is 2. The third-order valence-corrected chi connectivity index (χ3v) is 4.12. The Morgan fingerprint density at radius 1 is 1.48 bits per heavy atom. The summed E-state index contributed by atoms with van der Waals surface area (Å²) in [7, 11) is 0. The van der Waals surface area contributed by atoms with Crippen molar-refractivity contribution in [3.63, 3.8) is 0 Å². The molecule has 1 amide bonds. The summed E-state index contributed by atoms with van der Waals surface area (Å²) in [6.45, 7) is 1.87. The highest BCUT2D eigenvalue weighted by molar-refractivity contribution is 5.92. The van der Waals surface area contributed by atoms with Crippen molar-refractivity contribution in [3.05, 3.63) is 47.5 Å². The Kier molecular flexibility index (Phi) is 4.43. The van der Waals surface area contributed by atoms with Crippen molar-refractivity contribution in [1.82, 2.24) is 15.1 Å². The van der Waals surface area contributed by atoms with Gasteiger partial charge in [0.1, 0.15) is 5.82 Å². The van der Waals surface area contributed by atoms with E-state index in [1.807, 2.05) is 6.92 Å². The molecule has 1 atom stereocenters. The second kappa shape index (κ2) is 6.50. The van der Waals surface area contributed by atoms with E-state index in [-0.39, 0.29) is 24.4 Å². The lowest BCUT2D eigenvalue weighted by atomic mass is 10.1. The van der Waals surface area contributed by atoms with E-state index < -0.39 is 0 Å². The molecular weight excluding hydrogens is 297 g/mol. The predicted molar refractivity (Wildman–Crippen MR) is 83.9 cm³/mol. The molecule has 0 radical (unpaired) electrons. The first-order chi connectivity index (χ1) is 11.1. The van der Waals surface area contributed by atoms with Gasteiger partial charge in [-0.05, 0) is 56.4 Å². The summed E-state index contributed by atoms with van der Waals surface area (Å²) in [6, 6.07) is 7.76. The molecule has 0 saturated heterocycles. The molecule has 1 saturated carbocycles. The van der Waals surface area contributed by atoms with Gasteiger partial charge in [0.05, 0.1) is 5.69 Å². The summed E-state index contributed by atoms with van der Waals surface area (Å²) in [5, 5.41) is 16.4. The standard InChI is InChI=1S/C17H20FN3O2/c1-11-9-16(17(23)19-15(7-8-22)12-5-6-12)20-21(11)14-4-2-3-13(18)10-14/h2-4,9-10,12,15,22H,5-8H2,1H3,(H,19,23). The fourth-order valence-electron chi connectivity index (χ4n) is 2.76. The number of aliphatic hydroxyl groups is 1. The van der Waals surface area contributed by atoms with Crippen molar-refractivity contribution in [1.29, 1.82) is 0 Å². The molecule has 2 N–H and O–H groups in total. The van der Waals surface area contributed by atoms with Gasteiger partial charge in [-0.25, -0.2) is 9.07 Å². The van der Waals surface area contributed by atoms with Crippen molar-refractivity contribution in [3.8, 4) is 5.69 Å². The molecule has 1 aromatic carbocycles. The molecule has 1 heterocycles. The van der Waals surface area contributed by atoms with Crippen LogP contribution in [0.5, 0.6) is 0 Å². The van der Waals surface area contributed by atoms with Gasteiger partial charge >= 0.3 is 0 Å². The molecule has 0 spiro atoms. The number of aromatic nitrogens is 2. The zero-order valence-electron chi connectivity index (χ0n) is 13.0. The summed E-state index contributed by atoms with van der Waals surface area (Å²) < 4.78 is 14.9. The van der Waals surface area contributed by atoms with Gasteiger partial charge in [-0.2, -0.15) is 5.10 Å². The molecule has 3 rings (SSSR count). The van der Waals surface area contributed by atoms with Crippen LogP contribution < -0.4 is 5.32 Å². The van der Waals surface area contributed by atoms with E-state index in [0.29, 0.717) is 23.7 Å². The van der Waals surface area contributed by atoms with Crippen LogP contribution in [0.3, 0.4) is 0 Å². The van der Waals surface area contributed by atoms with Crippen molar-refractivity contribution in [2.75, 3.05) is 6.61 Å². The van der Waals surface area contributed by atoms with E-state index in [9.17, 15) is 9.18 Å². The Bertz CT molecular complexity index is 710. The van der Waals surface area contributed by atoms with Crippen LogP contribution in [0.2, 0.25) is 0 Å². The molecule has 1 unspecified atom stereocenters. The monoisotopic (exact) mass is 317 g/mol. The van der Waals surface area contributed by atoms with Crippen LogP contribution in [0.4, 0.5) is 4.39 Å². The predicted octanol–water partition coefficient (Wildman–Crippen LogP) is 2.21. The SMILES string of the molecule is Cc1cc(C(=O)NC(CCO)C2CC2)nn1-c1cccc(F)c1. The summed E-state index contributed by atoms with van der Waals surface area (Å²) in [6.07, 6.45) is 2.73. The van der Waals surface area contributed by atoms with Gasteiger partial charge in [0.2, 0.25) is 0 Å². The fraction of sp³-hybridized carbons (Fsp3) is 0.412. The quantitative estimate of drug-likeness (QED) is 0.858. The summed E-state index contributed by atoms with van der Waals surface area (Å²) >= 11 is 0. The maximum Gasteiger partial charge on any atom is 0.272 e. The van der Waals surface area contributed by atoms with E-state index >= 15 is 0 Å². The number of carbonyl (C=O) groups is 1. The zero-order chi connectivity index (χ0) is 16.4. The summed E-state index contributed by atoms with van der Waals surface area (Å²) in [5.41, 5.74) is 1.64. The van der Waals surface area contributed by atoms with Crippen LogP contribution in [-0.4, -0.2) is 33.4 Å². The van der Waals surface area contributed by atoms with Gasteiger partial charge in [0.15, 0.2) is 5.69 Å². The second-order valence-electron chi connectivity index (χ2n) is 5.99. The number of hydrogen-bond acceptors (Lipinski definition) is 3. The Hall–Kier alpha value is -2.21. The topological polar surface area (TPSA) is 67.2 Å². The van der Waals surface area contributed by atoms with Crippen LogP contribution in [-0.2, 0) is 0 Å². The smallest absolute Gasteiger partial charge is 0.272 e. The highest BCUT2D eigenvalue weighted by Crippen LogP contribution is 2.34. The van der Waals surface area contributed by atoms with E-state index in [4.69, 9.17) is 5.11 Å². The number of amides is 1. The molecule has 122 valence electrons. The zero-order valence-corrected chi connectivity index (χ0v) is 13.0. The first-order valence-corrected chi connectivity index (χ1v) is 7.83. The Labute approximate surface area is 134 Å². The highest BCUT2D eigenvalue weighted by Gasteiger charge is 2.32. The van der Waals surface area contributed by atoms with Crippen LogP contribution in [0, 0.1) is 18.7 Å². The average molecular weight is 317 g/mol. The number of nitrogens with one attached hydrogen (secondary N) is 1. The van der Waals surface area contributed by atoms with Crippen LogP contribution in [0.25, 0.3) is 5.69 Å². The largest absolute Gasteiger partial charge is 0.396 e. The minimum atomic E-state index is -0.347. The van der Waals surface area contributed by atoms with E-state index in [1.165, 1.54) is 12.1 Å². The molecule has 0 bridgehead atoms. The molecule has 0 aliphatic heterocycles. The van der Waals surface area contributed by atoms with Gasteiger partial charge in [0.25, 0.3) is 5.91 Å². The summed E-state index contributed by atoms with van der Waals surface area (Å²) in [4.78, 5) is 12.4. The number of carbonyl (C=O) groups excluding carboxylic acids is 1. The first-order valence-electron chi connectivity index (χ1n) is 7.83. The first kappa shape index (κ1) is 15.7. The molecule has 1 fully saturated rings. The molecular formula is C17H20FN3O2. The molecule has 5 nitrogen and oxygen atoms in total. The van der Waals surface area contributed by atoms with Crippen molar-refractivity contribution in [2.45, 2.75) is 32.2 Å². The Morgan fingerprint density at radius 2 is 2.26 bits per heavy atom. The maximum atomic E-state index is 13.4. The lowest BCUT2D eigenvalue weighted by Gasteiger charge is -2.16. The van der Waals surface area contributed by atoms with Crippen LogP contribution >= 0.6 is 0 Å². The number of rotatable bonds is 6. The van der Waals surface area contributed by atoms with E-state index in [1.54, 1.807) is 22.9 Å². The number of halogens is 1. The van der Waals surface area contributed by atoms with Gasteiger partial charge in [-0.15, -0.1) is 0 Å². The third-order valence-electron chi connectivity index (χ3n) is 4.12. The van der Waals surface area contributed by atoms with Gasteiger partial charge in [-0.1, -0.05) is 6.07 Å². The third kappa shape index (κ3) is 3.59. The number of benzene rings is 1. The molecule has 2 aromatic rings. The van der Waals surface area contributed by atoms with E-state index in [2.05, 4.69) is 10.4 Å². The Morgan fingerprint density at radius 3 is 2.91 bits per heavy atom. The molecule has 1 aliphatic carbocycles. The van der Waals surface area contributed by atoms with Crippen LogP contribution in [0.1, 0.15) is 35.4 Å². The maximum absolute atomic E-state index is 13.4. The molecule has 1 aliphatic rings. The van der Waals surface area contributed by atoms with E-state index in [0.717, 1.165) is 18.5 Å². The highest BCUT2D eigenvalue weighted by atomic mass is 19.1. The molecule has 1 aromatic heterocycles. The Balaban J connectivity index is 1.78. The van der Waals surface area contributed by atoms with Gasteiger partial charge in [0, 0.05) is 18.3 Å². The fourth-order valence-corrected chi connectivity index (χ4v) is 2.76. The van der Waals surface area contributed by atoms with Crippen molar-refractivity contribution < 1.29 is 14.3 Å². The minimum absolute atomic E-state index is 0.00729. The molecule has 6 heteroatoms. The van der Waals surface area contributed by atoms with Crippen molar-refractivity contribution >= 4 is 5.91 Å².